The first-order chi connectivity index (χ1) is 16.0. The molecule has 0 bridgehead atoms. The molecule has 7 nitrogen and oxygen atoms in total. The number of nitrogens with zero attached hydrogens (tertiary/aromatic N) is 2. The van der Waals surface area contributed by atoms with Crippen LogP contribution in [0.4, 0.5) is 0 Å². The number of carbonyl (C=O) groups excluding carboxylic acids is 1. The van der Waals surface area contributed by atoms with E-state index in [-0.39, 0.29) is 12.2 Å². The third-order valence-electron chi connectivity index (χ3n) is 5.11. The Morgan fingerprint density at radius 3 is 2.70 bits per heavy atom. The molecule has 3 heterocycles. The standard InChI is InChI=1S/C24H24N2O5S2/c1-5-30-17-12-15(9-10-16(17)29-4)13-19-22(27)26-21(18-8-7-11-32-18)20(23(28)31-6-2)14(3)25-24(26)33-19/h7-13,21H,5-6H2,1-4H3/b19-13-. The van der Waals surface area contributed by atoms with E-state index in [1.807, 2.05) is 42.6 Å². The lowest BCUT2D eigenvalue weighted by Gasteiger charge is -2.23. The quantitative estimate of drug-likeness (QED) is 0.481. The number of hydrogen-bond acceptors (Lipinski definition) is 8. The van der Waals surface area contributed by atoms with Gasteiger partial charge in [-0.3, -0.25) is 9.36 Å². The molecule has 0 spiro atoms. The number of methoxy groups -OCH3 is 1. The fourth-order valence-electron chi connectivity index (χ4n) is 3.71. The van der Waals surface area contributed by atoms with Crippen molar-refractivity contribution in [2.24, 2.45) is 4.99 Å². The van der Waals surface area contributed by atoms with Crippen molar-refractivity contribution in [2.75, 3.05) is 20.3 Å². The van der Waals surface area contributed by atoms with E-state index in [0.29, 0.717) is 38.7 Å². The number of thiophene rings is 1. The summed E-state index contributed by atoms with van der Waals surface area (Å²) in [6.45, 7) is 6.18. The monoisotopic (exact) mass is 484 g/mol. The van der Waals surface area contributed by atoms with Crippen LogP contribution in [0.2, 0.25) is 0 Å². The lowest BCUT2D eigenvalue weighted by Crippen LogP contribution is -2.39. The molecule has 0 fully saturated rings. The fourth-order valence-corrected chi connectivity index (χ4v) is 5.58. The first-order valence-corrected chi connectivity index (χ1v) is 12.2. The van der Waals surface area contributed by atoms with E-state index in [1.54, 1.807) is 31.6 Å². The van der Waals surface area contributed by atoms with E-state index < -0.39 is 12.0 Å². The molecule has 0 saturated heterocycles. The second-order valence-electron chi connectivity index (χ2n) is 7.16. The first kappa shape index (κ1) is 23.0. The molecule has 1 atom stereocenters. The number of allylic oxidation sites excluding steroid dienone is 1. The predicted molar refractivity (Wildman–Crippen MR) is 129 cm³/mol. The highest BCUT2D eigenvalue weighted by atomic mass is 32.1. The number of ether oxygens (including phenoxy) is 3. The van der Waals surface area contributed by atoms with Crippen molar-refractivity contribution < 1.29 is 19.0 Å². The van der Waals surface area contributed by atoms with Crippen molar-refractivity contribution in [3.05, 3.63) is 77.1 Å². The number of benzene rings is 1. The van der Waals surface area contributed by atoms with E-state index in [4.69, 9.17) is 14.2 Å². The average molecular weight is 485 g/mol. The van der Waals surface area contributed by atoms with Gasteiger partial charge in [-0.2, -0.15) is 0 Å². The SMILES string of the molecule is CCOC(=O)C1=C(C)N=c2s/c(=C\c3ccc(OC)c(OCC)c3)c(=O)n2C1c1cccs1. The highest BCUT2D eigenvalue weighted by Crippen LogP contribution is 2.33. The summed E-state index contributed by atoms with van der Waals surface area (Å²) >= 11 is 2.78. The summed E-state index contributed by atoms with van der Waals surface area (Å²) in [6.07, 6.45) is 1.81. The molecule has 33 heavy (non-hydrogen) atoms. The third-order valence-corrected chi connectivity index (χ3v) is 7.02. The van der Waals surface area contributed by atoms with Gasteiger partial charge in [-0.05, 0) is 56.0 Å². The molecule has 1 aliphatic heterocycles. The minimum atomic E-state index is -0.572. The number of fused-ring (bicyclic) bond motifs is 1. The van der Waals surface area contributed by atoms with Crippen molar-refractivity contribution >= 4 is 34.7 Å². The lowest BCUT2D eigenvalue weighted by atomic mass is 10.0. The zero-order valence-electron chi connectivity index (χ0n) is 18.8. The van der Waals surface area contributed by atoms with Gasteiger partial charge in [0.15, 0.2) is 16.3 Å². The number of rotatable bonds is 7. The summed E-state index contributed by atoms with van der Waals surface area (Å²) in [5.41, 5.74) is 1.54. The lowest BCUT2D eigenvalue weighted by molar-refractivity contribution is -0.139. The summed E-state index contributed by atoms with van der Waals surface area (Å²) in [7, 11) is 1.59. The van der Waals surface area contributed by atoms with Crippen molar-refractivity contribution in [3.8, 4) is 11.5 Å². The van der Waals surface area contributed by atoms with Gasteiger partial charge in [0.1, 0.15) is 6.04 Å². The minimum absolute atomic E-state index is 0.208. The molecule has 2 aromatic heterocycles. The number of aromatic nitrogens is 1. The van der Waals surface area contributed by atoms with Gasteiger partial charge in [-0.15, -0.1) is 11.3 Å². The van der Waals surface area contributed by atoms with Crippen molar-refractivity contribution in [3.63, 3.8) is 0 Å². The summed E-state index contributed by atoms with van der Waals surface area (Å²) in [6, 6.07) is 8.77. The minimum Gasteiger partial charge on any atom is -0.493 e. The second-order valence-corrected chi connectivity index (χ2v) is 9.15. The van der Waals surface area contributed by atoms with Crippen molar-refractivity contribution in [1.29, 1.82) is 0 Å². The number of thiazole rings is 1. The van der Waals surface area contributed by atoms with Crippen molar-refractivity contribution in [1.82, 2.24) is 4.57 Å². The number of hydrogen-bond donors (Lipinski definition) is 0. The fraction of sp³-hybridized carbons (Fsp3) is 0.292. The van der Waals surface area contributed by atoms with Crippen LogP contribution in [0.15, 0.2) is 56.8 Å². The van der Waals surface area contributed by atoms with Gasteiger partial charge in [-0.25, -0.2) is 9.79 Å². The Morgan fingerprint density at radius 1 is 1.21 bits per heavy atom. The molecule has 172 valence electrons. The van der Waals surface area contributed by atoms with E-state index >= 15 is 0 Å². The Labute approximate surface area is 198 Å². The molecular formula is C24H24N2O5S2. The molecule has 1 aliphatic rings. The van der Waals surface area contributed by atoms with Gasteiger partial charge in [-0.1, -0.05) is 23.5 Å². The Kier molecular flexibility index (Phi) is 6.80. The second kappa shape index (κ2) is 9.76. The molecule has 9 heteroatoms. The summed E-state index contributed by atoms with van der Waals surface area (Å²) in [4.78, 5) is 32.4. The zero-order chi connectivity index (χ0) is 23.5. The highest BCUT2D eigenvalue weighted by molar-refractivity contribution is 7.10. The largest absolute Gasteiger partial charge is 0.493 e. The van der Waals surface area contributed by atoms with Crippen LogP contribution in [0, 0.1) is 0 Å². The van der Waals surface area contributed by atoms with Crippen LogP contribution in [0.25, 0.3) is 6.08 Å². The van der Waals surface area contributed by atoms with Crippen LogP contribution in [0.5, 0.6) is 11.5 Å². The van der Waals surface area contributed by atoms with Crippen LogP contribution >= 0.6 is 22.7 Å². The van der Waals surface area contributed by atoms with Gasteiger partial charge >= 0.3 is 5.97 Å². The highest BCUT2D eigenvalue weighted by Gasteiger charge is 2.33. The third kappa shape index (κ3) is 4.38. The van der Waals surface area contributed by atoms with Crippen LogP contribution in [0.3, 0.4) is 0 Å². The smallest absolute Gasteiger partial charge is 0.338 e. The molecule has 4 rings (SSSR count). The molecule has 0 amide bonds. The van der Waals surface area contributed by atoms with Gasteiger partial charge < -0.3 is 14.2 Å². The summed E-state index contributed by atoms with van der Waals surface area (Å²) in [5, 5.41) is 1.93. The Hall–Kier alpha value is -3.17. The van der Waals surface area contributed by atoms with Crippen LogP contribution in [-0.4, -0.2) is 30.9 Å². The Morgan fingerprint density at radius 2 is 2.03 bits per heavy atom. The Bertz CT molecular complexity index is 1380. The van der Waals surface area contributed by atoms with Gasteiger partial charge in [0.05, 0.1) is 36.1 Å². The average Bonchev–Trinajstić information content (AvgIpc) is 3.42. The molecule has 0 saturated carbocycles. The topological polar surface area (TPSA) is 79.1 Å². The molecule has 1 aromatic carbocycles. The van der Waals surface area contributed by atoms with Crippen LogP contribution in [-0.2, 0) is 9.53 Å². The van der Waals surface area contributed by atoms with E-state index in [2.05, 4.69) is 4.99 Å². The maximum absolute atomic E-state index is 13.5. The van der Waals surface area contributed by atoms with Gasteiger partial charge in [0.2, 0.25) is 0 Å². The van der Waals surface area contributed by atoms with E-state index in [9.17, 15) is 9.59 Å². The normalized spacial score (nSPS) is 15.8. The maximum Gasteiger partial charge on any atom is 0.338 e. The number of esters is 1. The van der Waals surface area contributed by atoms with Crippen LogP contribution < -0.4 is 24.4 Å². The van der Waals surface area contributed by atoms with E-state index in [1.165, 1.54) is 22.7 Å². The molecular weight excluding hydrogens is 460 g/mol. The molecule has 3 aromatic rings. The number of carbonyl (C=O) groups is 1. The van der Waals surface area contributed by atoms with E-state index in [0.717, 1.165) is 10.4 Å². The van der Waals surface area contributed by atoms with Gasteiger partial charge in [0, 0.05) is 4.88 Å². The first-order valence-electron chi connectivity index (χ1n) is 10.5. The van der Waals surface area contributed by atoms with Gasteiger partial charge in [0.25, 0.3) is 5.56 Å². The van der Waals surface area contributed by atoms with Crippen LogP contribution in [0.1, 0.15) is 37.3 Å². The molecule has 0 aliphatic carbocycles. The maximum atomic E-state index is 13.5. The zero-order valence-corrected chi connectivity index (χ0v) is 20.4. The summed E-state index contributed by atoms with van der Waals surface area (Å²) in [5.74, 6) is 0.782. The molecule has 0 radical (unpaired) electrons. The Balaban J connectivity index is 1.88. The molecule has 0 N–H and O–H groups in total. The molecule has 1 unspecified atom stereocenters. The summed E-state index contributed by atoms with van der Waals surface area (Å²) < 4.78 is 18.4. The van der Waals surface area contributed by atoms with Crippen molar-refractivity contribution in [2.45, 2.75) is 26.8 Å². The predicted octanol–water partition coefficient (Wildman–Crippen LogP) is 3.27.